The van der Waals surface area contributed by atoms with Crippen LogP contribution in [0.5, 0.6) is 0 Å². The Hall–Kier alpha value is -1.23. The molecular formula is C15H15Cl2NO2S. The highest BCUT2D eigenvalue weighted by Gasteiger charge is 2.14. The van der Waals surface area contributed by atoms with Gasteiger partial charge in [0.1, 0.15) is 0 Å². The smallest absolute Gasteiger partial charge is 0.338 e. The van der Waals surface area contributed by atoms with Crippen molar-refractivity contribution in [2.75, 3.05) is 11.9 Å². The van der Waals surface area contributed by atoms with Crippen molar-refractivity contribution in [1.82, 2.24) is 0 Å². The van der Waals surface area contributed by atoms with E-state index in [0.29, 0.717) is 20.8 Å². The number of anilines is 1. The van der Waals surface area contributed by atoms with Crippen molar-refractivity contribution in [2.24, 2.45) is 0 Å². The molecule has 2 rings (SSSR count). The Balaban J connectivity index is 2.14. The van der Waals surface area contributed by atoms with E-state index in [4.69, 9.17) is 27.9 Å². The number of carbonyl (C=O) groups excluding carboxylic acids is 1. The van der Waals surface area contributed by atoms with Gasteiger partial charge in [-0.3, -0.25) is 0 Å². The first-order valence-electron chi connectivity index (χ1n) is 6.49. The first-order valence-corrected chi connectivity index (χ1v) is 8.07. The maximum atomic E-state index is 11.7. The summed E-state index contributed by atoms with van der Waals surface area (Å²) >= 11 is 13.4. The normalized spacial score (nSPS) is 12.0. The predicted octanol–water partition coefficient (Wildman–Crippen LogP) is 5.40. The third-order valence-corrected chi connectivity index (χ3v) is 4.42. The Bertz CT molecular complexity index is 642. The summed E-state index contributed by atoms with van der Waals surface area (Å²) in [5.41, 5.74) is 2.28. The minimum absolute atomic E-state index is 0.0151. The quantitative estimate of drug-likeness (QED) is 0.738. The van der Waals surface area contributed by atoms with E-state index in [2.05, 4.69) is 5.32 Å². The van der Waals surface area contributed by atoms with Crippen molar-refractivity contribution in [1.29, 1.82) is 0 Å². The summed E-state index contributed by atoms with van der Waals surface area (Å²) < 4.78 is 6.32. The van der Waals surface area contributed by atoms with Crippen molar-refractivity contribution in [3.05, 3.63) is 50.1 Å². The van der Waals surface area contributed by atoms with Gasteiger partial charge in [-0.1, -0.05) is 29.3 Å². The molecule has 1 aromatic carbocycles. The minimum Gasteiger partial charge on any atom is -0.462 e. The fraction of sp³-hybridized carbons (Fsp3) is 0.267. The molecule has 0 fully saturated rings. The second-order valence-corrected chi connectivity index (χ2v) is 6.73. The summed E-state index contributed by atoms with van der Waals surface area (Å²) in [5.74, 6) is -0.328. The first-order chi connectivity index (χ1) is 10.0. The van der Waals surface area contributed by atoms with E-state index in [1.807, 2.05) is 25.1 Å². The Kier molecular flexibility index (Phi) is 5.51. The molecule has 1 aromatic heterocycles. The van der Waals surface area contributed by atoms with Crippen LogP contribution in [0.3, 0.4) is 0 Å². The second kappa shape index (κ2) is 7.16. The van der Waals surface area contributed by atoms with Crippen LogP contribution in [-0.2, 0) is 4.74 Å². The zero-order valence-corrected chi connectivity index (χ0v) is 14.0. The van der Waals surface area contributed by atoms with Gasteiger partial charge in [0.05, 0.1) is 26.9 Å². The first kappa shape index (κ1) is 16.1. The average molecular weight is 344 g/mol. The lowest BCUT2D eigenvalue weighted by molar-refractivity contribution is 0.0526. The lowest BCUT2D eigenvalue weighted by Crippen LogP contribution is -2.08. The number of carbonyl (C=O) groups is 1. The summed E-state index contributed by atoms with van der Waals surface area (Å²) in [4.78, 5) is 11.7. The van der Waals surface area contributed by atoms with Crippen LogP contribution in [0, 0.1) is 0 Å². The zero-order chi connectivity index (χ0) is 15.4. The number of nitrogens with one attached hydrogen (secondary N) is 1. The van der Waals surface area contributed by atoms with Gasteiger partial charge in [-0.25, -0.2) is 4.79 Å². The molecule has 1 atom stereocenters. The SMILES string of the molecule is CCOC(=O)c1cccc(NC(C)c2cc(Cl)sc2Cl)c1. The van der Waals surface area contributed by atoms with E-state index in [0.717, 1.165) is 11.3 Å². The standard InChI is InChI=1S/C15H15Cl2NO2S/c1-3-20-15(19)10-5-4-6-11(7-10)18-9(2)12-8-13(16)21-14(12)17/h4-9,18H,3H2,1-2H3. The molecule has 0 spiro atoms. The maximum absolute atomic E-state index is 11.7. The maximum Gasteiger partial charge on any atom is 0.338 e. The number of hydrogen-bond acceptors (Lipinski definition) is 4. The van der Waals surface area contributed by atoms with Gasteiger partial charge in [-0.05, 0) is 38.1 Å². The molecule has 0 amide bonds. The van der Waals surface area contributed by atoms with Gasteiger partial charge in [0.15, 0.2) is 0 Å². The van der Waals surface area contributed by atoms with Crippen LogP contribution in [0.2, 0.25) is 8.67 Å². The summed E-state index contributed by atoms with van der Waals surface area (Å²) in [6.45, 7) is 4.13. The number of ether oxygens (including phenoxy) is 1. The van der Waals surface area contributed by atoms with E-state index in [1.54, 1.807) is 19.1 Å². The van der Waals surface area contributed by atoms with Crippen molar-refractivity contribution < 1.29 is 9.53 Å². The number of halogens is 2. The minimum atomic E-state index is -0.328. The van der Waals surface area contributed by atoms with Crippen molar-refractivity contribution in [2.45, 2.75) is 19.9 Å². The molecule has 0 radical (unpaired) electrons. The Labute approximate surface area is 137 Å². The van der Waals surface area contributed by atoms with Gasteiger partial charge >= 0.3 is 5.97 Å². The molecule has 0 bridgehead atoms. The topological polar surface area (TPSA) is 38.3 Å². The summed E-state index contributed by atoms with van der Waals surface area (Å²) in [5, 5.41) is 3.31. The third kappa shape index (κ3) is 4.13. The van der Waals surface area contributed by atoms with Crippen LogP contribution < -0.4 is 5.32 Å². The van der Waals surface area contributed by atoms with Crippen LogP contribution in [-0.4, -0.2) is 12.6 Å². The van der Waals surface area contributed by atoms with Gasteiger partial charge in [0, 0.05) is 11.3 Å². The molecular weight excluding hydrogens is 329 g/mol. The molecule has 1 N–H and O–H groups in total. The fourth-order valence-corrected chi connectivity index (χ4v) is 3.57. The summed E-state index contributed by atoms with van der Waals surface area (Å²) in [6, 6.07) is 9.02. The molecule has 112 valence electrons. The van der Waals surface area contributed by atoms with Crippen molar-refractivity contribution in [3.63, 3.8) is 0 Å². The van der Waals surface area contributed by atoms with Crippen LogP contribution in [0.4, 0.5) is 5.69 Å². The number of benzene rings is 1. The van der Waals surface area contributed by atoms with Gasteiger partial charge < -0.3 is 10.1 Å². The largest absolute Gasteiger partial charge is 0.462 e. The number of hydrogen-bond donors (Lipinski definition) is 1. The zero-order valence-electron chi connectivity index (χ0n) is 11.7. The molecule has 0 aliphatic rings. The van der Waals surface area contributed by atoms with Crippen LogP contribution in [0.25, 0.3) is 0 Å². The van der Waals surface area contributed by atoms with Gasteiger partial charge in [0.2, 0.25) is 0 Å². The lowest BCUT2D eigenvalue weighted by Gasteiger charge is -2.15. The highest BCUT2D eigenvalue weighted by Crippen LogP contribution is 2.36. The Morgan fingerprint density at radius 2 is 2.14 bits per heavy atom. The molecule has 0 aliphatic heterocycles. The molecule has 1 unspecified atom stereocenters. The Morgan fingerprint density at radius 3 is 2.76 bits per heavy atom. The van der Waals surface area contributed by atoms with Gasteiger partial charge in [-0.2, -0.15) is 0 Å². The molecule has 1 heterocycles. The van der Waals surface area contributed by atoms with Crippen molar-refractivity contribution in [3.8, 4) is 0 Å². The molecule has 6 heteroatoms. The number of esters is 1. The van der Waals surface area contributed by atoms with E-state index in [1.165, 1.54) is 11.3 Å². The predicted molar refractivity (Wildman–Crippen MR) is 88.8 cm³/mol. The van der Waals surface area contributed by atoms with Crippen LogP contribution in [0.1, 0.15) is 35.8 Å². The molecule has 0 saturated heterocycles. The highest BCUT2D eigenvalue weighted by molar-refractivity contribution is 7.20. The van der Waals surface area contributed by atoms with Crippen LogP contribution in [0.15, 0.2) is 30.3 Å². The third-order valence-electron chi connectivity index (χ3n) is 2.91. The highest BCUT2D eigenvalue weighted by atomic mass is 35.5. The molecule has 0 aliphatic carbocycles. The molecule has 2 aromatic rings. The van der Waals surface area contributed by atoms with E-state index in [-0.39, 0.29) is 12.0 Å². The number of thiophene rings is 1. The number of rotatable bonds is 5. The van der Waals surface area contributed by atoms with Gasteiger partial charge in [-0.15, -0.1) is 11.3 Å². The second-order valence-electron chi connectivity index (χ2n) is 4.45. The molecule has 0 saturated carbocycles. The van der Waals surface area contributed by atoms with E-state index >= 15 is 0 Å². The van der Waals surface area contributed by atoms with E-state index in [9.17, 15) is 4.79 Å². The Morgan fingerprint density at radius 1 is 1.38 bits per heavy atom. The monoisotopic (exact) mass is 343 g/mol. The van der Waals surface area contributed by atoms with Crippen LogP contribution >= 0.6 is 34.5 Å². The molecule has 21 heavy (non-hydrogen) atoms. The fourth-order valence-electron chi connectivity index (χ4n) is 1.93. The van der Waals surface area contributed by atoms with Gasteiger partial charge in [0.25, 0.3) is 0 Å². The summed E-state index contributed by atoms with van der Waals surface area (Å²) in [6.07, 6.45) is 0. The average Bonchev–Trinajstić information content (AvgIpc) is 2.78. The lowest BCUT2D eigenvalue weighted by atomic mass is 10.1. The van der Waals surface area contributed by atoms with Crippen molar-refractivity contribution >= 4 is 46.2 Å². The summed E-state index contributed by atoms with van der Waals surface area (Å²) in [7, 11) is 0. The van der Waals surface area contributed by atoms with E-state index < -0.39 is 0 Å². The molecule has 3 nitrogen and oxygen atoms in total.